The van der Waals surface area contributed by atoms with Crippen LogP contribution in [0.4, 0.5) is 0 Å². The standard InChI is InChI=1S/C14H18N2O3/c1-3-11(17)10-7-5-6-8-12(10)18-9-13-15-14(4-2)19-16-13/h5-8,11,17H,3-4,9H2,1-2H3. The highest BCUT2D eigenvalue weighted by molar-refractivity contribution is 5.35. The Labute approximate surface area is 112 Å². The molecule has 0 aliphatic heterocycles. The SMILES string of the molecule is CCc1nc(COc2ccccc2C(O)CC)no1. The summed E-state index contributed by atoms with van der Waals surface area (Å²) in [4.78, 5) is 4.17. The largest absolute Gasteiger partial charge is 0.485 e. The van der Waals surface area contributed by atoms with Crippen molar-refractivity contribution < 1.29 is 14.4 Å². The molecule has 0 radical (unpaired) electrons. The Morgan fingerprint density at radius 3 is 2.79 bits per heavy atom. The van der Waals surface area contributed by atoms with E-state index in [9.17, 15) is 5.11 Å². The van der Waals surface area contributed by atoms with Gasteiger partial charge in [-0.1, -0.05) is 37.2 Å². The summed E-state index contributed by atoms with van der Waals surface area (Å²) in [6.07, 6.45) is 0.827. The van der Waals surface area contributed by atoms with E-state index in [0.717, 1.165) is 5.56 Å². The van der Waals surface area contributed by atoms with Crippen molar-refractivity contribution in [1.29, 1.82) is 0 Å². The Hall–Kier alpha value is -1.88. The molecular formula is C14H18N2O3. The summed E-state index contributed by atoms with van der Waals surface area (Å²) >= 11 is 0. The predicted octanol–water partition coefficient (Wildman–Crippen LogP) is 2.65. The molecule has 0 aliphatic carbocycles. The fourth-order valence-corrected chi connectivity index (χ4v) is 1.74. The zero-order valence-electron chi connectivity index (χ0n) is 11.2. The maximum atomic E-state index is 9.92. The second-order valence-corrected chi connectivity index (χ2v) is 4.21. The molecular weight excluding hydrogens is 244 g/mol. The number of aliphatic hydroxyl groups is 1. The van der Waals surface area contributed by atoms with Crippen LogP contribution in [-0.4, -0.2) is 15.2 Å². The topological polar surface area (TPSA) is 68.4 Å². The number of hydrogen-bond donors (Lipinski definition) is 1. The molecule has 0 aliphatic rings. The zero-order valence-corrected chi connectivity index (χ0v) is 11.2. The van der Waals surface area contributed by atoms with Crippen LogP contribution in [0.3, 0.4) is 0 Å². The lowest BCUT2D eigenvalue weighted by Gasteiger charge is -2.13. The minimum Gasteiger partial charge on any atom is -0.485 e. The van der Waals surface area contributed by atoms with Crippen LogP contribution in [0, 0.1) is 0 Å². The van der Waals surface area contributed by atoms with E-state index in [2.05, 4.69) is 10.1 Å². The van der Waals surface area contributed by atoms with E-state index >= 15 is 0 Å². The number of aliphatic hydroxyl groups excluding tert-OH is 1. The molecule has 5 nitrogen and oxygen atoms in total. The van der Waals surface area contributed by atoms with E-state index in [-0.39, 0.29) is 6.61 Å². The fourth-order valence-electron chi connectivity index (χ4n) is 1.74. The van der Waals surface area contributed by atoms with Gasteiger partial charge in [0.15, 0.2) is 6.61 Å². The van der Waals surface area contributed by atoms with Crippen LogP contribution in [0.5, 0.6) is 5.75 Å². The third-order valence-corrected chi connectivity index (χ3v) is 2.83. The molecule has 1 atom stereocenters. The van der Waals surface area contributed by atoms with Crippen LogP contribution in [-0.2, 0) is 13.0 Å². The van der Waals surface area contributed by atoms with Crippen LogP contribution >= 0.6 is 0 Å². The van der Waals surface area contributed by atoms with Gasteiger partial charge in [0.1, 0.15) is 5.75 Å². The molecule has 1 N–H and O–H groups in total. The Morgan fingerprint density at radius 1 is 1.32 bits per heavy atom. The average Bonchev–Trinajstić information content (AvgIpc) is 2.92. The quantitative estimate of drug-likeness (QED) is 0.866. The Morgan fingerprint density at radius 2 is 2.11 bits per heavy atom. The van der Waals surface area contributed by atoms with Crippen molar-refractivity contribution in [2.75, 3.05) is 0 Å². The van der Waals surface area contributed by atoms with Gasteiger partial charge < -0.3 is 14.4 Å². The number of rotatable bonds is 6. The monoisotopic (exact) mass is 262 g/mol. The molecule has 0 amide bonds. The van der Waals surface area contributed by atoms with Gasteiger partial charge in [-0.2, -0.15) is 4.98 Å². The fraction of sp³-hybridized carbons (Fsp3) is 0.429. The summed E-state index contributed by atoms with van der Waals surface area (Å²) in [5, 5.41) is 13.7. The molecule has 1 aromatic heterocycles. The van der Waals surface area contributed by atoms with Crippen molar-refractivity contribution in [2.45, 2.75) is 39.4 Å². The molecule has 0 bridgehead atoms. The molecule has 2 aromatic rings. The Bertz CT molecular complexity index is 525. The van der Waals surface area contributed by atoms with Gasteiger partial charge in [0.2, 0.25) is 11.7 Å². The van der Waals surface area contributed by atoms with Crippen molar-refractivity contribution in [2.24, 2.45) is 0 Å². The van der Waals surface area contributed by atoms with Gasteiger partial charge in [0.25, 0.3) is 0 Å². The van der Waals surface area contributed by atoms with E-state index in [1.54, 1.807) is 0 Å². The summed E-state index contributed by atoms with van der Waals surface area (Å²) in [5.74, 6) is 1.76. The van der Waals surface area contributed by atoms with E-state index in [1.165, 1.54) is 0 Å². The van der Waals surface area contributed by atoms with E-state index in [1.807, 2.05) is 38.1 Å². The molecule has 2 rings (SSSR count). The molecule has 0 spiro atoms. The summed E-state index contributed by atoms with van der Waals surface area (Å²) in [6, 6.07) is 7.44. The third kappa shape index (κ3) is 3.32. The maximum Gasteiger partial charge on any atom is 0.226 e. The predicted molar refractivity (Wildman–Crippen MR) is 69.7 cm³/mol. The average molecular weight is 262 g/mol. The smallest absolute Gasteiger partial charge is 0.226 e. The van der Waals surface area contributed by atoms with E-state index in [0.29, 0.717) is 30.3 Å². The van der Waals surface area contributed by atoms with Crippen LogP contribution in [0.2, 0.25) is 0 Å². The van der Waals surface area contributed by atoms with Gasteiger partial charge in [0.05, 0.1) is 6.10 Å². The van der Waals surface area contributed by atoms with Crippen molar-refractivity contribution in [1.82, 2.24) is 10.1 Å². The summed E-state index contributed by atoms with van der Waals surface area (Å²) in [7, 11) is 0. The summed E-state index contributed by atoms with van der Waals surface area (Å²) in [5.41, 5.74) is 0.782. The van der Waals surface area contributed by atoms with Crippen molar-refractivity contribution in [3.63, 3.8) is 0 Å². The number of ether oxygens (including phenoxy) is 1. The number of benzene rings is 1. The lowest BCUT2D eigenvalue weighted by Crippen LogP contribution is -2.03. The Balaban J connectivity index is 2.06. The van der Waals surface area contributed by atoms with Gasteiger partial charge in [-0.3, -0.25) is 0 Å². The third-order valence-electron chi connectivity index (χ3n) is 2.83. The lowest BCUT2D eigenvalue weighted by atomic mass is 10.1. The maximum absolute atomic E-state index is 9.92. The lowest BCUT2D eigenvalue weighted by molar-refractivity contribution is 0.165. The molecule has 0 fully saturated rings. The summed E-state index contributed by atoms with van der Waals surface area (Å²) < 4.78 is 10.7. The number of hydrogen-bond acceptors (Lipinski definition) is 5. The molecule has 1 aromatic carbocycles. The van der Waals surface area contributed by atoms with Crippen molar-refractivity contribution in [3.8, 4) is 5.75 Å². The number of para-hydroxylation sites is 1. The first-order chi connectivity index (χ1) is 9.24. The number of aromatic nitrogens is 2. The second kappa shape index (κ2) is 6.33. The van der Waals surface area contributed by atoms with Crippen LogP contribution in [0.25, 0.3) is 0 Å². The first-order valence-electron chi connectivity index (χ1n) is 6.45. The molecule has 5 heteroatoms. The van der Waals surface area contributed by atoms with Gasteiger partial charge >= 0.3 is 0 Å². The first kappa shape index (κ1) is 13.5. The number of nitrogens with zero attached hydrogens (tertiary/aromatic N) is 2. The van der Waals surface area contributed by atoms with Gasteiger partial charge in [0, 0.05) is 12.0 Å². The van der Waals surface area contributed by atoms with Gasteiger partial charge in [-0.25, -0.2) is 0 Å². The van der Waals surface area contributed by atoms with Gasteiger partial charge in [-0.05, 0) is 12.5 Å². The second-order valence-electron chi connectivity index (χ2n) is 4.21. The molecule has 0 saturated carbocycles. The van der Waals surface area contributed by atoms with Crippen molar-refractivity contribution >= 4 is 0 Å². The molecule has 19 heavy (non-hydrogen) atoms. The summed E-state index contributed by atoms with van der Waals surface area (Å²) in [6.45, 7) is 4.11. The van der Waals surface area contributed by atoms with E-state index < -0.39 is 6.10 Å². The van der Waals surface area contributed by atoms with Crippen LogP contribution in [0.1, 0.15) is 43.7 Å². The highest BCUT2D eigenvalue weighted by Gasteiger charge is 2.12. The first-order valence-corrected chi connectivity index (χ1v) is 6.45. The molecule has 0 saturated heterocycles. The molecule has 1 heterocycles. The van der Waals surface area contributed by atoms with E-state index in [4.69, 9.17) is 9.26 Å². The zero-order chi connectivity index (χ0) is 13.7. The van der Waals surface area contributed by atoms with Gasteiger partial charge in [-0.15, -0.1) is 0 Å². The normalized spacial score (nSPS) is 12.4. The van der Waals surface area contributed by atoms with Crippen LogP contribution < -0.4 is 4.74 Å². The highest BCUT2D eigenvalue weighted by Crippen LogP contribution is 2.27. The minimum atomic E-state index is -0.521. The van der Waals surface area contributed by atoms with Crippen LogP contribution in [0.15, 0.2) is 28.8 Å². The minimum absolute atomic E-state index is 0.233. The highest BCUT2D eigenvalue weighted by atomic mass is 16.5. The van der Waals surface area contributed by atoms with Crippen molar-refractivity contribution in [3.05, 3.63) is 41.5 Å². The molecule has 1 unspecified atom stereocenters. The molecule has 102 valence electrons. The number of aryl methyl sites for hydroxylation is 1. The Kier molecular flexibility index (Phi) is 4.52.